The molecule has 20 heavy (non-hydrogen) atoms. The van der Waals surface area contributed by atoms with Gasteiger partial charge in [0.05, 0.1) is 18.9 Å². The van der Waals surface area contributed by atoms with E-state index in [1.54, 1.807) is 7.11 Å². The Labute approximate surface area is 120 Å². The second-order valence-electron chi connectivity index (χ2n) is 4.71. The van der Waals surface area contributed by atoms with Crippen molar-refractivity contribution in [3.63, 3.8) is 0 Å². The highest BCUT2D eigenvalue weighted by molar-refractivity contribution is 5.71. The van der Waals surface area contributed by atoms with Gasteiger partial charge in [-0.1, -0.05) is 37.3 Å². The molecule has 1 unspecified atom stereocenters. The Morgan fingerprint density at radius 1 is 1.05 bits per heavy atom. The lowest BCUT2D eigenvalue weighted by Crippen LogP contribution is -2.14. The van der Waals surface area contributed by atoms with Crippen LogP contribution in [0.5, 0.6) is 5.75 Å². The molecule has 2 aromatic rings. The summed E-state index contributed by atoms with van der Waals surface area (Å²) in [5, 5.41) is 10.2. The number of rotatable bonds is 5. The van der Waals surface area contributed by atoms with Crippen molar-refractivity contribution in [2.45, 2.75) is 19.4 Å². The Morgan fingerprint density at radius 3 is 2.30 bits per heavy atom. The Morgan fingerprint density at radius 2 is 1.65 bits per heavy atom. The fourth-order valence-electron chi connectivity index (χ4n) is 2.33. The Kier molecular flexibility index (Phi) is 4.64. The summed E-state index contributed by atoms with van der Waals surface area (Å²) < 4.78 is 5.41. The maximum absolute atomic E-state index is 10.2. The quantitative estimate of drug-likeness (QED) is 0.895. The van der Waals surface area contributed by atoms with Gasteiger partial charge in [0.25, 0.3) is 0 Å². The number of hydrogen-bond acceptors (Lipinski definition) is 3. The maximum atomic E-state index is 10.2. The smallest absolute Gasteiger partial charge is 0.142 e. The van der Waals surface area contributed by atoms with Gasteiger partial charge in [-0.2, -0.15) is 0 Å². The van der Waals surface area contributed by atoms with E-state index in [0.717, 1.165) is 22.7 Å². The van der Waals surface area contributed by atoms with Crippen molar-refractivity contribution >= 4 is 11.4 Å². The number of aliphatic hydroxyl groups excluding tert-OH is 1. The van der Waals surface area contributed by atoms with Gasteiger partial charge < -0.3 is 14.7 Å². The normalized spacial score (nSPS) is 12.0. The molecule has 0 aliphatic carbocycles. The van der Waals surface area contributed by atoms with Crippen molar-refractivity contribution in [3.8, 4) is 5.75 Å². The van der Waals surface area contributed by atoms with Gasteiger partial charge in [-0.15, -0.1) is 0 Å². The van der Waals surface area contributed by atoms with E-state index in [1.165, 1.54) is 0 Å². The zero-order valence-corrected chi connectivity index (χ0v) is 12.2. The number of hydrogen-bond donors (Lipinski definition) is 1. The van der Waals surface area contributed by atoms with Crippen LogP contribution in [0.2, 0.25) is 0 Å². The van der Waals surface area contributed by atoms with Crippen LogP contribution in [-0.2, 0) is 0 Å². The van der Waals surface area contributed by atoms with Gasteiger partial charge in [0.2, 0.25) is 0 Å². The highest BCUT2D eigenvalue weighted by atomic mass is 16.5. The first-order chi connectivity index (χ1) is 9.69. The molecule has 1 N–H and O–H groups in total. The first-order valence-electron chi connectivity index (χ1n) is 6.82. The van der Waals surface area contributed by atoms with E-state index in [-0.39, 0.29) is 0 Å². The second-order valence-corrected chi connectivity index (χ2v) is 4.71. The number of aliphatic hydroxyl groups is 1. The molecular formula is C17H21NO2. The summed E-state index contributed by atoms with van der Waals surface area (Å²) in [5.41, 5.74) is 2.90. The molecule has 3 nitrogen and oxygen atoms in total. The minimum absolute atomic E-state index is 0.455. The number of nitrogens with zero attached hydrogens (tertiary/aromatic N) is 1. The van der Waals surface area contributed by atoms with Gasteiger partial charge in [-0.3, -0.25) is 0 Å². The predicted octanol–water partition coefficient (Wildman–Crippen LogP) is 3.91. The summed E-state index contributed by atoms with van der Waals surface area (Å²) in [6, 6.07) is 15.8. The number of benzene rings is 2. The van der Waals surface area contributed by atoms with Crippen molar-refractivity contribution in [1.82, 2.24) is 0 Å². The Hall–Kier alpha value is -2.00. The molecule has 2 rings (SSSR count). The van der Waals surface area contributed by atoms with Crippen LogP contribution in [0.4, 0.5) is 11.4 Å². The lowest BCUT2D eigenvalue weighted by Gasteiger charge is -2.25. The minimum atomic E-state index is -0.455. The first kappa shape index (κ1) is 14.4. The molecule has 0 fully saturated rings. The molecule has 0 heterocycles. The molecule has 0 aromatic heterocycles. The van der Waals surface area contributed by atoms with Crippen LogP contribution in [0.3, 0.4) is 0 Å². The second kappa shape index (κ2) is 6.44. The Bertz CT molecular complexity index is 568. The van der Waals surface area contributed by atoms with E-state index < -0.39 is 6.10 Å². The molecule has 2 aromatic carbocycles. The largest absolute Gasteiger partial charge is 0.495 e. The lowest BCUT2D eigenvalue weighted by atomic mass is 10.0. The third kappa shape index (κ3) is 2.78. The van der Waals surface area contributed by atoms with Gasteiger partial charge in [-0.25, -0.2) is 0 Å². The summed E-state index contributed by atoms with van der Waals surface area (Å²) in [6.07, 6.45) is 0.236. The SMILES string of the molecule is CCC(O)c1ccccc1N(C)c1ccccc1OC. The van der Waals surface area contributed by atoms with Crippen LogP contribution in [0.15, 0.2) is 48.5 Å². The lowest BCUT2D eigenvalue weighted by molar-refractivity contribution is 0.174. The van der Waals surface area contributed by atoms with Gasteiger partial charge in [0, 0.05) is 18.3 Å². The van der Waals surface area contributed by atoms with E-state index >= 15 is 0 Å². The molecule has 106 valence electrons. The Balaban J connectivity index is 2.45. The highest BCUT2D eigenvalue weighted by Gasteiger charge is 2.16. The molecule has 0 bridgehead atoms. The summed E-state index contributed by atoms with van der Waals surface area (Å²) in [4.78, 5) is 2.05. The maximum Gasteiger partial charge on any atom is 0.142 e. The molecule has 0 aliphatic heterocycles. The van der Waals surface area contributed by atoms with Crippen molar-refractivity contribution < 1.29 is 9.84 Å². The zero-order chi connectivity index (χ0) is 14.5. The topological polar surface area (TPSA) is 32.7 Å². The summed E-state index contributed by atoms with van der Waals surface area (Å²) in [5.74, 6) is 0.816. The van der Waals surface area contributed by atoms with Crippen LogP contribution in [0, 0.1) is 0 Å². The summed E-state index contributed by atoms with van der Waals surface area (Å²) in [6.45, 7) is 1.98. The molecule has 3 heteroatoms. The van der Waals surface area contributed by atoms with Crippen molar-refractivity contribution in [2.75, 3.05) is 19.1 Å². The van der Waals surface area contributed by atoms with Crippen LogP contribution >= 0.6 is 0 Å². The number of para-hydroxylation sites is 3. The van der Waals surface area contributed by atoms with Crippen LogP contribution in [0.1, 0.15) is 25.0 Å². The molecule has 1 atom stereocenters. The van der Waals surface area contributed by atoms with Crippen molar-refractivity contribution in [1.29, 1.82) is 0 Å². The van der Waals surface area contributed by atoms with Crippen LogP contribution < -0.4 is 9.64 Å². The molecule has 0 amide bonds. The van der Waals surface area contributed by atoms with E-state index in [2.05, 4.69) is 0 Å². The van der Waals surface area contributed by atoms with E-state index in [1.807, 2.05) is 67.4 Å². The van der Waals surface area contributed by atoms with Gasteiger partial charge in [-0.05, 0) is 24.6 Å². The third-order valence-electron chi connectivity index (χ3n) is 3.49. The van der Waals surface area contributed by atoms with Crippen LogP contribution in [0.25, 0.3) is 0 Å². The zero-order valence-electron chi connectivity index (χ0n) is 12.2. The van der Waals surface area contributed by atoms with Crippen molar-refractivity contribution in [2.24, 2.45) is 0 Å². The van der Waals surface area contributed by atoms with E-state index in [9.17, 15) is 5.11 Å². The molecule has 0 radical (unpaired) electrons. The van der Waals surface area contributed by atoms with Crippen molar-refractivity contribution in [3.05, 3.63) is 54.1 Å². The van der Waals surface area contributed by atoms with E-state index in [0.29, 0.717) is 6.42 Å². The predicted molar refractivity (Wildman–Crippen MR) is 82.7 cm³/mol. The molecule has 0 saturated heterocycles. The minimum Gasteiger partial charge on any atom is -0.495 e. The summed E-state index contributed by atoms with van der Waals surface area (Å²) in [7, 11) is 3.65. The molecule has 0 spiro atoms. The van der Waals surface area contributed by atoms with Gasteiger partial charge in [0.1, 0.15) is 5.75 Å². The average molecular weight is 271 g/mol. The average Bonchev–Trinajstić information content (AvgIpc) is 2.53. The summed E-state index contributed by atoms with van der Waals surface area (Å²) >= 11 is 0. The highest BCUT2D eigenvalue weighted by Crippen LogP contribution is 2.36. The molecule has 0 saturated carbocycles. The van der Waals surface area contributed by atoms with Gasteiger partial charge >= 0.3 is 0 Å². The van der Waals surface area contributed by atoms with Gasteiger partial charge in [0.15, 0.2) is 0 Å². The fourth-order valence-corrected chi connectivity index (χ4v) is 2.33. The number of methoxy groups -OCH3 is 1. The van der Waals surface area contributed by atoms with E-state index in [4.69, 9.17) is 4.74 Å². The molecular weight excluding hydrogens is 250 g/mol. The molecule has 0 aliphatic rings. The third-order valence-corrected chi connectivity index (χ3v) is 3.49. The monoisotopic (exact) mass is 271 g/mol. The first-order valence-corrected chi connectivity index (χ1v) is 6.82. The standard InChI is InChI=1S/C17H21NO2/c1-4-16(19)13-9-5-6-10-14(13)18(2)15-11-7-8-12-17(15)20-3/h5-12,16,19H,4H2,1-3H3. The number of anilines is 2. The number of ether oxygens (including phenoxy) is 1. The fraction of sp³-hybridized carbons (Fsp3) is 0.294. The van der Waals surface area contributed by atoms with Crippen LogP contribution in [-0.4, -0.2) is 19.3 Å².